The van der Waals surface area contributed by atoms with Crippen LogP contribution < -0.4 is 27.0 Å². The van der Waals surface area contributed by atoms with Crippen LogP contribution in [0.5, 0.6) is 0 Å². The molecule has 0 saturated carbocycles. The van der Waals surface area contributed by atoms with Gasteiger partial charge in [0.25, 0.3) is 0 Å². The first-order valence-electron chi connectivity index (χ1n) is 17.9. The summed E-state index contributed by atoms with van der Waals surface area (Å²) in [7, 11) is 0. The lowest BCUT2D eigenvalue weighted by Crippen LogP contribution is -2.61. The molecule has 7 unspecified atom stereocenters. The Labute approximate surface area is 309 Å². The van der Waals surface area contributed by atoms with Crippen molar-refractivity contribution in [3.63, 3.8) is 0 Å². The third-order valence-electron chi connectivity index (χ3n) is 8.88. The highest BCUT2D eigenvalue weighted by Crippen LogP contribution is 2.22. The molecule has 7 atom stereocenters. The summed E-state index contributed by atoms with van der Waals surface area (Å²) in [6, 6.07) is 3.76. The molecule has 17 nitrogen and oxygen atoms in total. The molecule has 1 fully saturated rings. The molecule has 1 aliphatic rings. The highest BCUT2D eigenvalue weighted by atomic mass is 16.5. The van der Waals surface area contributed by atoms with E-state index in [4.69, 9.17) is 10.5 Å². The molecule has 2 aromatic rings. The van der Waals surface area contributed by atoms with E-state index >= 15 is 0 Å². The molecule has 292 valence electrons. The summed E-state index contributed by atoms with van der Waals surface area (Å²) in [5.41, 5.74) is 6.94. The number of H-pyrrole nitrogens is 1. The van der Waals surface area contributed by atoms with Gasteiger partial charge in [-0.15, -0.1) is 0 Å². The fraction of sp³-hybridized carbons (Fsp3) is 0.583. The summed E-state index contributed by atoms with van der Waals surface area (Å²) in [5, 5.41) is 29.7. The number of benzene rings is 1. The van der Waals surface area contributed by atoms with Gasteiger partial charge in [0.15, 0.2) is 0 Å². The molecule has 0 aliphatic carbocycles. The smallest absolute Gasteiger partial charge is 0.245 e. The highest BCUT2D eigenvalue weighted by Gasteiger charge is 2.40. The lowest BCUT2D eigenvalue weighted by atomic mass is 10.0. The number of carbonyl (C=O) groups excluding carboxylic acids is 6. The van der Waals surface area contributed by atoms with Gasteiger partial charge in [-0.3, -0.25) is 28.8 Å². The summed E-state index contributed by atoms with van der Waals surface area (Å²) in [4.78, 5) is 86.3. The van der Waals surface area contributed by atoms with Crippen molar-refractivity contribution < 1.29 is 43.7 Å². The summed E-state index contributed by atoms with van der Waals surface area (Å²) in [6.07, 6.45) is 4.09. The lowest BCUT2D eigenvalue weighted by Gasteiger charge is -2.28. The average molecular weight is 743 g/mol. The molecule has 1 aromatic carbocycles. The Morgan fingerprint density at radius 1 is 0.962 bits per heavy atom. The van der Waals surface area contributed by atoms with Crippen molar-refractivity contribution in [2.75, 3.05) is 19.8 Å². The number of amides is 6. The number of nitrogens with one attached hydrogen (secondary N) is 5. The monoisotopic (exact) mass is 742 g/mol. The van der Waals surface area contributed by atoms with Gasteiger partial charge < -0.3 is 51.8 Å². The Morgan fingerprint density at radius 3 is 2.21 bits per heavy atom. The van der Waals surface area contributed by atoms with Gasteiger partial charge in [0, 0.05) is 44.8 Å². The van der Waals surface area contributed by atoms with E-state index in [-0.39, 0.29) is 43.7 Å². The number of hydrogen-bond acceptors (Lipinski definition) is 10. The fourth-order valence-electron chi connectivity index (χ4n) is 6.06. The van der Waals surface area contributed by atoms with Crippen LogP contribution in [0.15, 0.2) is 42.9 Å². The van der Waals surface area contributed by atoms with E-state index in [9.17, 15) is 39.0 Å². The molecule has 1 aromatic heterocycles. The summed E-state index contributed by atoms with van der Waals surface area (Å²) >= 11 is 0. The number of hydrogen-bond donors (Lipinski definition) is 8. The second-order valence-corrected chi connectivity index (χ2v) is 13.8. The third kappa shape index (κ3) is 13.6. The van der Waals surface area contributed by atoms with E-state index in [1.54, 1.807) is 0 Å². The van der Waals surface area contributed by atoms with E-state index in [2.05, 4.69) is 43.4 Å². The maximum Gasteiger partial charge on any atom is 0.245 e. The van der Waals surface area contributed by atoms with Crippen LogP contribution in [0.3, 0.4) is 0 Å². The molecule has 1 saturated heterocycles. The quantitative estimate of drug-likeness (QED) is 0.0711. The number of imidazole rings is 1. The molecule has 0 radical (unpaired) electrons. The van der Waals surface area contributed by atoms with E-state index in [0.717, 1.165) is 19.3 Å². The molecule has 17 heteroatoms. The van der Waals surface area contributed by atoms with Crippen molar-refractivity contribution in [2.24, 2.45) is 11.7 Å². The molecule has 3 rings (SSSR count). The Bertz CT molecular complexity index is 1510. The molecule has 0 bridgehead atoms. The first kappa shape index (κ1) is 42.5. The van der Waals surface area contributed by atoms with Crippen LogP contribution in [-0.2, 0) is 46.3 Å². The van der Waals surface area contributed by atoms with Crippen LogP contribution in [0.1, 0.15) is 64.6 Å². The molecule has 2 heterocycles. The minimum absolute atomic E-state index is 0.0695. The number of ether oxygens (including phenoxy) is 1. The van der Waals surface area contributed by atoms with Gasteiger partial charge in [0.1, 0.15) is 30.2 Å². The summed E-state index contributed by atoms with van der Waals surface area (Å²) in [5.74, 6) is -4.50. The zero-order chi connectivity index (χ0) is 39.1. The number of nitrogens with two attached hydrogens (primary N) is 1. The minimum atomic E-state index is -1.57. The molecule has 53 heavy (non-hydrogen) atoms. The molecular weight excluding hydrogens is 688 g/mol. The van der Waals surface area contributed by atoms with Crippen LogP contribution in [0.4, 0.5) is 0 Å². The van der Waals surface area contributed by atoms with Gasteiger partial charge in [-0.05, 0) is 44.1 Å². The number of aromatic amines is 1. The maximum atomic E-state index is 13.8. The van der Waals surface area contributed by atoms with Crippen LogP contribution in [0.2, 0.25) is 0 Å². The fourth-order valence-corrected chi connectivity index (χ4v) is 6.06. The van der Waals surface area contributed by atoms with Crippen LogP contribution >= 0.6 is 0 Å². The molecule has 9 N–H and O–H groups in total. The van der Waals surface area contributed by atoms with Gasteiger partial charge in [0.05, 0.1) is 25.1 Å². The zero-order valence-corrected chi connectivity index (χ0v) is 30.7. The van der Waals surface area contributed by atoms with Crippen LogP contribution in [0, 0.1) is 5.92 Å². The Hall–Kier alpha value is -4.87. The Kier molecular flexibility index (Phi) is 16.8. The number of primary amides is 1. The van der Waals surface area contributed by atoms with Gasteiger partial charge in [-0.2, -0.15) is 0 Å². The third-order valence-corrected chi connectivity index (χ3v) is 8.88. The van der Waals surface area contributed by atoms with E-state index in [0.29, 0.717) is 12.3 Å². The van der Waals surface area contributed by atoms with Crippen molar-refractivity contribution in [1.29, 1.82) is 0 Å². The van der Waals surface area contributed by atoms with E-state index in [1.807, 2.05) is 32.0 Å². The Morgan fingerprint density at radius 2 is 1.62 bits per heavy atom. The normalized spacial score (nSPS) is 18.4. The Balaban J connectivity index is 1.68. The first-order valence-corrected chi connectivity index (χ1v) is 17.9. The number of nitrogens with zero attached hydrogens (tertiary/aromatic N) is 2. The topological polar surface area (TPSA) is 258 Å². The van der Waals surface area contributed by atoms with Crippen molar-refractivity contribution in [2.45, 2.75) is 109 Å². The lowest BCUT2D eigenvalue weighted by molar-refractivity contribution is -0.139. The standard InChI is InChI=1S/C36H54N8O9/c1-21(2)14-27(41-36(52)30-16-26(18-44(30)23(4)47)53-13-9-8-12-24-10-6-5-7-11-24)33(49)40-28(15-25-17-38-20-39-25)34(50)42-29(19-45)35(51)43-31(22(3)46)32(37)48/h5-7,10-11,17,20-22,26-31,45-46H,8-9,12-16,18-19H2,1-4H3,(H2,37,48)(H,38,39)(H,40,49)(H,41,52)(H,42,50)(H,43,51). The second kappa shape index (κ2) is 21.0. The molecule has 1 aliphatic heterocycles. The van der Waals surface area contributed by atoms with Gasteiger partial charge in [-0.25, -0.2) is 4.98 Å². The maximum absolute atomic E-state index is 13.8. The van der Waals surface area contributed by atoms with Gasteiger partial charge >= 0.3 is 0 Å². The average Bonchev–Trinajstić information content (AvgIpc) is 3.79. The van der Waals surface area contributed by atoms with Gasteiger partial charge in [0.2, 0.25) is 35.4 Å². The van der Waals surface area contributed by atoms with Crippen molar-refractivity contribution in [3.05, 3.63) is 54.1 Å². The van der Waals surface area contributed by atoms with Crippen molar-refractivity contribution >= 4 is 35.4 Å². The van der Waals surface area contributed by atoms with Gasteiger partial charge in [-0.1, -0.05) is 44.2 Å². The largest absolute Gasteiger partial charge is 0.394 e. The van der Waals surface area contributed by atoms with Crippen molar-refractivity contribution in [3.8, 4) is 0 Å². The zero-order valence-electron chi connectivity index (χ0n) is 30.7. The van der Waals surface area contributed by atoms with Crippen molar-refractivity contribution in [1.82, 2.24) is 36.1 Å². The van der Waals surface area contributed by atoms with E-state index < -0.39 is 72.5 Å². The number of unbranched alkanes of at least 4 members (excludes halogenated alkanes) is 1. The number of rotatable bonds is 21. The number of carbonyl (C=O) groups is 6. The number of aliphatic hydroxyl groups excluding tert-OH is 2. The minimum Gasteiger partial charge on any atom is -0.394 e. The first-order chi connectivity index (χ1) is 25.2. The number of aliphatic hydroxyl groups is 2. The summed E-state index contributed by atoms with van der Waals surface area (Å²) in [6.45, 7) is 6.15. The second-order valence-electron chi connectivity index (χ2n) is 13.8. The highest BCUT2D eigenvalue weighted by molar-refractivity contribution is 5.96. The van der Waals surface area contributed by atoms with Crippen LogP contribution in [0.25, 0.3) is 0 Å². The molecular formula is C36H54N8O9. The number of likely N-dealkylation sites (tertiary alicyclic amines) is 1. The van der Waals surface area contributed by atoms with Crippen LogP contribution in [-0.4, -0.2) is 123 Å². The number of aryl methyl sites for hydroxylation is 1. The SMILES string of the molecule is CC(=O)N1CC(OCCCCc2ccccc2)CC1C(=O)NC(CC(C)C)C(=O)NC(Cc1cnc[nH]1)C(=O)NC(CO)C(=O)NC(C(N)=O)C(C)O. The molecule has 6 amide bonds. The predicted octanol–water partition coefficient (Wildman–Crippen LogP) is -1.18. The summed E-state index contributed by atoms with van der Waals surface area (Å²) < 4.78 is 6.06. The molecule has 0 spiro atoms. The predicted molar refractivity (Wildman–Crippen MR) is 192 cm³/mol. The van der Waals surface area contributed by atoms with E-state index in [1.165, 1.54) is 36.8 Å². The number of aromatic nitrogens is 2.